The number of pyridine rings is 1. The van der Waals surface area contributed by atoms with Gasteiger partial charge in [-0.1, -0.05) is 13.8 Å². The van der Waals surface area contributed by atoms with Gasteiger partial charge in [-0.15, -0.1) is 0 Å². The zero-order chi connectivity index (χ0) is 14.3. The van der Waals surface area contributed by atoms with Crippen LogP contribution in [0.2, 0.25) is 0 Å². The van der Waals surface area contributed by atoms with Crippen LogP contribution in [-0.4, -0.2) is 29.0 Å². The van der Waals surface area contributed by atoms with Crippen LogP contribution in [0.1, 0.15) is 38.8 Å². The van der Waals surface area contributed by atoms with Gasteiger partial charge in [-0.25, -0.2) is 0 Å². The monoisotopic (exact) mass is 260 g/mol. The van der Waals surface area contributed by atoms with Crippen molar-refractivity contribution < 1.29 is 0 Å². The minimum Gasteiger partial charge on any atom is -0.326 e. The maximum Gasteiger partial charge on any atom is 0.0635 e. The first-order chi connectivity index (χ1) is 9.06. The first kappa shape index (κ1) is 15.6. The Labute approximate surface area is 116 Å². The van der Waals surface area contributed by atoms with E-state index in [1.54, 1.807) is 12.4 Å². The van der Waals surface area contributed by atoms with E-state index < -0.39 is 0 Å². The summed E-state index contributed by atoms with van der Waals surface area (Å²) in [6.45, 7) is 8.08. The van der Waals surface area contributed by atoms with Gasteiger partial charge in [-0.05, 0) is 30.5 Å². The number of nitriles is 1. The lowest BCUT2D eigenvalue weighted by Crippen LogP contribution is -2.41. The lowest BCUT2D eigenvalue weighted by Gasteiger charge is -2.35. The second-order valence-electron chi connectivity index (χ2n) is 5.38. The number of nitrogens with two attached hydrogens (primary N) is 1. The van der Waals surface area contributed by atoms with Crippen LogP contribution in [0.3, 0.4) is 0 Å². The van der Waals surface area contributed by atoms with E-state index in [-0.39, 0.29) is 12.1 Å². The number of rotatable bonds is 7. The molecule has 1 rings (SSSR count). The summed E-state index contributed by atoms with van der Waals surface area (Å²) in [5, 5.41) is 8.82. The molecule has 0 radical (unpaired) electrons. The van der Waals surface area contributed by atoms with Crippen LogP contribution in [0, 0.1) is 17.2 Å². The van der Waals surface area contributed by atoms with Crippen molar-refractivity contribution in [3.63, 3.8) is 0 Å². The van der Waals surface area contributed by atoms with E-state index in [9.17, 15) is 0 Å². The van der Waals surface area contributed by atoms with Gasteiger partial charge in [0.2, 0.25) is 0 Å². The predicted octanol–water partition coefficient (Wildman–Crippen LogP) is 2.34. The fourth-order valence-electron chi connectivity index (χ4n) is 2.41. The Morgan fingerprint density at radius 1 is 1.32 bits per heavy atom. The van der Waals surface area contributed by atoms with Gasteiger partial charge >= 0.3 is 0 Å². The highest BCUT2D eigenvalue weighted by Gasteiger charge is 2.24. The summed E-state index contributed by atoms with van der Waals surface area (Å²) < 4.78 is 0. The van der Waals surface area contributed by atoms with Crippen molar-refractivity contribution in [1.82, 2.24) is 9.88 Å². The second-order valence-corrected chi connectivity index (χ2v) is 5.38. The van der Waals surface area contributed by atoms with Gasteiger partial charge in [-0.3, -0.25) is 9.88 Å². The molecule has 4 heteroatoms. The standard InChI is InChI=1S/C15H24N4/c1-12(2)11-19(10-4-7-16)15(13(3)17)14-5-8-18-9-6-14/h5-6,8-9,12-13,15H,4,10-11,17H2,1-3H3. The second kappa shape index (κ2) is 7.88. The smallest absolute Gasteiger partial charge is 0.0635 e. The summed E-state index contributed by atoms with van der Waals surface area (Å²) in [5.41, 5.74) is 7.34. The van der Waals surface area contributed by atoms with Gasteiger partial charge < -0.3 is 5.73 Å². The molecule has 1 aromatic heterocycles. The molecule has 0 saturated carbocycles. The van der Waals surface area contributed by atoms with E-state index in [1.165, 1.54) is 5.56 Å². The first-order valence-electron chi connectivity index (χ1n) is 6.82. The third-order valence-electron chi connectivity index (χ3n) is 3.05. The van der Waals surface area contributed by atoms with Crippen molar-refractivity contribution in [2.75, 3.05) is 13.1 Å². The summed E-state index contributed by atoms with van der Waals surface area (Å²) in [5.74, 6) is 0.543. The van der Waals surface area contributed by atoms with E-state index in [2.05, 4.69) is 29.8 Å². The third-order valence-corrected chi connectivity index (χ3v) is 3.05. The molecule has 104 valence electrons. The zero-order valence-electron chi connectivity index (χ0n) is 12.1. The average Bonchev–Trinajstić information content (AvgIpc) is 2.36. The molecule has 0 saturated heterocycles. The number of hydrogen-bond donors (Lipinski definition) is 1. The van der Waals surface area contributed by atoms with Crippen LogP contribution in [-0.2, 0) is 0 Å². The van der Waals surface area contributed by atoms with Gasteiger partial charge in [0, 0.05) is 44.0 Å². The fourth-order valence-corrected chi connectivity index (χ4v) is 2.41. The molecule has 0 aliphatic carbocycles. The van der Waals surface area contributed by atoms with Crippen LogP contribution in [0.15, 0.2) is 24.5 Å². The Morgan fingerprint density at radius 3 is 2.42 bits per heavy atom. The van der Waals surface area contributed by atoms with Crippen LogP contribution < -0.4 is 5.73 Å². The molecule has 2 atom stereocenters. The molecule has 4 nitrogen and oxygen atoms in total. The van der Waals surface area contributed by atoms with Gasteiger partial charge in [-0.2, -0.15) is 5.26 Å². The maximum atomic E-state index is 8.82. The molecule has 19 heavy (non-hydrogen) atoms. The van der Waals surface area contributed by atoms with Crippen molar-refractivity contribution >= 4 is 0 Å². The van der Waals surface area contributed by atoms with Crippen LogP contribution >= 0.6 is 0 Å². The summed E-state index contributed by atoms with van der Waals surface area (Å²) in [6.07, 6.45) is 4.12. The van der Waals surface area contributed by atoms with Crippen molar-refractivity contribution in [1.29, 1.82) is 5.26 Å². The molecule has 0 aromatic carbocycles. The summed E-state index contributed by atoms with van der Waals surface area (Å²) >= 11 is 0. The molecule has 0 spiro atoms. The molecular weight excluding hydrogens is 236 g/mol. The third kappa shape index (κ3) is 4.98. The van der Waals surface area contributed by atoms with Gasteiger partial charge in [0.25, 0.3) is 0 Å². The average molecular weight is 260 g/mol. The Hall–Kier alpha value is -1.44. The van der Waals surface area contributed by atoms with Crippen LogP contribution in [0.25, 0.3) is 0 Å². The lowest BCUT2D eigenvalue weighted by atomic mass is 9.98. The Bertz CT molecular complexity index is 394. The van der Waals surface area contributed by atoms with E-state index in [0.29, 0.717) is 12.3 Å². The van der Waals surface area contributed by atoms with E-state index >= 15 is 0 Å². The zero-order valence-corrected chi connectivity index (χ0v) is 12.1. The summed E-state index contributed by atoms with van der Waals surface area (Å²) in [6, 6.07) is 6.39. The quantitative estimate of drug-likeness (QED) is 0.817. The van der Waals surface area contributed by atoms with Crippen LogP contribution in [0.5, 0.6) is 0 Å². The lowest BCUT2D eigenvalue weighted by molar-refractivity contribution is 0.160. The summed E-state index contributed by atoms with van der Waals surface area (Å²) in [7, 11) is 0. The Kier molecular flexibility index (Phi) is 6.48. The fraction of sp³-hybridized carbons (Fsp3) is 0.600. The molecule has 1 aromatic rings. The molecule has 2 N–H and O–H groups in total. The van der Waals surface area contributed by atoms with Gasteiger partial charge in [0.1, 0.15) is 0 Å². The van der Waals surface area contributed by atoms with Crippen molar-refractivity contribution in [2.45, 2.75) is 39.3 Å². The topological polar surface area (TPSA) is 65.9 Å². The van der Waals surface area contributed by atoms with Gasteiger partial charge in [0.15, 0.2) is 0 Å². The molecule has 0 amide bonds. The highest BCUT2D eigenvalue weighted by molar-refractivity contribution is 5.17. The normalized spacial score (nSPS) is 14.4. The SMILES string of the molecule is CC(C)CN(CCC#N)C(c1ccncc1)C(C)N. The molecule has 0 aliphatic rings. The van der Waals surface area contributed by atoms with Crippen LogP contribution in [0.4, 0.5) is 0 Å². The molecule has 2 unspecified atom stereocenters. The predicted molar refractivity (Wildman–Crippen MR) is 77.3 cm³/mol. The number of nitrogens with zero attached hydrogens (tertiary/aromatic N) is 3. The molecule has 0 aliphatic heterocycles. The van der Waals surface area contributed by atoms with Crippen molar-refractivity contribution in [3.05, 3.63) is 30.1 Å². The minimum absolute atomic E-state index is 0.0137. The Morgan fingerprint density at radius 2 is 1.95 bits per heavy atom. The van der Waals surface area contributed by atoms with Crippen molar-refractivity contribution in [3.8, 4) is 6.07 Å². The van der Waals surface area contributed by atoms with Crippen molar-refractivity contribution in [2.24, 2.45) is 11.7 Å². The first-order valence-corrected chi connectivity index (χ1v) is 6.82. The van der Waals surface area contributed by atoms with Gasteiger partial charge in [0.05, 0.1) is 6.07 Å². The highest BCUT2D eigenvalue weighted by atomic mass is 15.2. The van der Waals surface area contributed by atoms with E-state index in [1.807, 2.05) is 19.1 Å². The minimum atomic E-state index is 0.0137. The number of hydrogen-bond acceptors (Lipinski definition) is 4. The highest BCUT2D eigenvalue weighted by Crippen LogP contribution is 2.24. The molecular formula is C15H24N4. The molecule has 1 heterocycles. The maximum absolute atomic E-state index is 8.82. The van der Waals surface area contributed by atoms with E-state index in [0.717, 1.165) is 13.1 Å². The van der Waals surface area contributed by atoms with E-state index in [4.69, 9.17) is 11.0 Å². The molecule has 0 bridgehead atoms. The molecule has 0 fully saturated rings. The largest absolute Gasteiger partial charge is 0.326 e. The Balaban J connectivity index is 2.95. The number of aromatic nitrogens is 1. The summed E-state index contributed by atoms with van der Waals surface area (Å²) in [4.78, 5) is 6.37.